The van der Waals surface area contributed by atoms with Crippen molar-refractivity contribution in [3.05, 3.63) is 35.9 Å². The molecule has 1 aromatic rings. The molecule has 17 heavy (non-hydrogen) atoms. The van der Waals surface area contributed by atoms with Gasteiger partial charge in [0.15, 0.2) is 0 Å². The first kappa shape index (κ1) is 14.1. The number of rotatable bonds is 9. The summed E-state index contributed by atoms with van der Waals surface area (Å²) >= 11 is 0. The molecule has 0 spiro atoms. The van der Waals surface area contributed by atoms with Crippen LogP contribution in [0.25, 0.3) is 0 Å². The van der Waals surface area contributed by atoms with E-state index in [-0.39, 0.29) is 12.7 Å². The minimum absolute atomic E-state index is 0.136. The molecule has 96 valence electrons. The molecule has 0 amide bonds. The molecule has 0 radical (unpaired) electrons. The summed E-state index contributed by atoms with van der Waals surface area (Å²) in [5, 5.41) is 0. The highest BCUT2D eigenvalue weighted by atomic mass is 19.1. The number of benzene rings is 1. The Hall–Kier alpha value is -0.930. The van der Waals surface area contributed by atoms with Gasteiger partial charge in [-0.15, -0.1) is 0 Å². The molecule has 0 saturated carbocycles. The maximum absolute atomic E-state index is 11.9. The van der Waals surface area contributed by atoms with Gasteiger partial charge in [0, 0.05) is 12.6 Å². The molecule has 0 saturated heterocycles. The molecule has 1 rings (SSSR count). The zero-order chi connectivity index (χ0) is 12.3. The number of hydrogen-bond acceptors (Lipinski definition) is 2. The molecule has 1 aromatic carbocycles. The molecule has 2 N–H and O–H groups in total. The van der Waals surface area contributed by atoms with Crippen molar-refractivity contribution in [1.82, 2.24) is 0 Å². The Kier molecular flexibility index (Phi) is 7.60. The summed E-state index contributed by atoms with van der Waals surface area (Å²) in [4.78, 5) is 0. The van der Waals surface area contributed by atoms with E-state index in [9.17, 15) is 4.39 Å². The summed E-state index contributed by atoms with van der Waals surface area (Å²) < 4.78 is 17.4. The second-order valence-electron chi connectivity index (χ2n) is 4.27. The van der Waals surface area contributed by atoms with Gasteiger partial charge in [0.05, 0.1) is 13.3 Å². The van der Waals surface area contributed by atoms with Gasteiger partial charge in [-0.2, -0.15) is 0 Å². The summed E-state index contributed by atoms with van der Waals surface area (Å²) in [5.41, 5.74) is 7.07. The van der Waals surface area contributed by atoms with Crippen molar-refractivity contribution in [1.29, 1.82) is 0 Å². The maximum Gasteiger partial charge on any atom is 0.0894 e. The van der Waals surface area contributed by atoms with Crippen molar-refractivity contribution in [3.63, 3.8) is 0 Å². The third-order valence-corrected chi connectivity index (χ3v) is 2.70. The van der Waals surface area contributed by atoms with Crippen LogP contribution in [-0.2, 0) is 11.3 Å². The number of ether oxygens (including phenoxy) is 1. The molecule has 0 bridgehead atoms. The molecule has 2 nitrogen and oxygen atoms in total. The van der Waals surface area contributed by atoms with Crippen molar-refractivity contribution < 1.29 is 9.13 Å². The summed E-state index contributed by atoms with van der Waals surface area (Å²) in [5.74, 6) is 0. The van der Waals surface area contributed by atoms with Gasteiger partial charge < -0.3 is 10.5 Å². The third kappa shape index (κ3) is 7.08. The van der Waals surface area contributed by atoms with Crippen molar-refractivity contribution >= 4 is 0 Å². The molecule has 3 heteroatoms. The predicted molar refractivity (Wildman–Crippen MR) is 68.5 cm³/mol. The Labute approximate surface area is 103 Å². The standard InChI is InChI=1S/C14H22FNO/c15-10-5-4-8-14(16)9-11-17-12-13-6-2-1-3-7-13/h1-3,6-7,14H,4-5,8-12,16H2. The minimum atomic E-state index is -0.239. The van der Waals surface area contributed by atoms with E-state index in [2.05, 4.69) is 0 Å². The Morgan fingerprint density at radius 3 is 2.59 bits per heavy atom. The second kappa shape index (κ2) is 9.14. The summed E-state index contributed by atoms with van der Waals surface area (Å²) in [6.07, 6.45) is 3.23. The predicted octanol–water partition coefficient (Wildman–Crippen LogP) is 3.06. The van der Waals surface area contributed by atoms with Crippen LogP contribution in [0.3, 0.4) is 0 Å². The third-order valence-electron chi connectivity index (χ3n) is 2.70. The summed E-state index contributed by atoms with van der Waals surface area (Å²) in [7, 11) is 0. The molecule has 0 aliphatic rings. The maximum atomic E-state index is 11.9. The highest BCUT2D eigenvalue weighted by Gasteiger charge is 2.02. The van der Waals surface area contributed by atoms with E-state index in [0.717, 1.165) is 19.3 Å². The van der Waals surface area contributed by atoms with Gasteiger partial charge in [0.2, 0.25) is 0 Å². The largest absolute Gasteiger partial charge is 0.377 e. The average Bonchev–Trinajstić information content (AvgIpc) is 2.36. The van der Waals surface area contributed by atoms with Gasteiger partial charge in [0.1, 0.15) is 0 Å². The zero-order valence-electron chi connectivity index (χ0n) is 10.3. The van der Waals surface area contributed by atoms with E-state index >= 15 is 0 Å². The first-order valence-electron chi connectivity index (χ1n) is 6.26. The normalized spacial score (nSPS) is 12.6. The van der Waals surface area contributed by atoms with Crippen molar-refractivity contribution in [3.8, 4) is 0 Å². The lowest BCUT2D eigenvalue weighted by Gasteiger charge is -2.11. The lowest BCUT2D eigenvalue weighted by atomic mass is 10.1. The van der Waals surface area contributed by atoms with Gasteiger partial charge >= 0.3 is 0 Å². The van der Waals surface area contributed by atoms with Crippen LogP contribution in [0, 0.1) is 0 Å². The van der Waals surface area contributed by atoms with Crippen LogP contribution in [0.4, 0.5) is 4.39 Å². The van der Waals surface area contributed by atoms with Gasteiger partial charge in [-0.05, 0) is 31.2 Å². The van der Waals surface area contributed by atoms with Gasteiger partial charge in [-0.3, -0.25) is 4.39 Å². The first-order chi connectivity index (χ1) is 8.33. The van der Waals surface area contributed by atoms with Crippen LogP contribution >= 0.6 is 0 Å². The highest BCUT2D eigenvalue weighted by Crippen LogP contribution is 2.05. The van der Waals surface area contributed by atoms with Crippen molar-refractivity contribution in [2.45, 2.75) is 38.3 Å². The fourth-order valence-electron chi connectivity index (χ4n) is 1.64. The Morgan fingerprint density at radius 2 is 1.88 bits per heavy atom. The molecule has 0 aromatic heterocycles. The lowest BCUT2D eigenvalue weighted by Crippen LogP contribution is -2.21. The van der Waals surface area contributed by atoms with Crippen LogP contribution in [0.5, 0.6) is 0 Å². The molecular weight excluding hydrogens is 217 g/mol. The first-order valence-corrected chi connectivity index (χ1v) is 6.26. The molecule has 0 aliphatic carbocycles. The van der Waals surface area contributed by atoms with Crippen LogP contribution < -0.4 is 5.73 Å². The Bertz CT molecular complexity index is 279. The fourth-order valence-corrected chi connectivity index (χ4v) is 1.64. The van der Waals surface area contributed by atoms with Gasteiger partial charge in [-0.1, -0.05) is 30.3 Å². The van der Waals surface area contributed by atoms with Gasteiger partial charge in [0.25, 0.3) is 0 Å². The summed E-state index contributed by atoms with van der Waals surface area (Å²) in [6, 6.07) is 10.2. The van der Waals surface area contributed by atoms with Crippen molar-refractivity contribution in [2.24, 2.45) is 5.73 Å². The average molecular weight is 239 g/mol. The van der Waals surface area contributed by atoms with Crippen LogP contribution in [-0.4, -0.2) is 19.3 Å². The van der Waals surface area contributed by atoms with E-state index in [1.54, 1.807) is 0 Å². The monoisotopic (exact) mass is 239 g/mol. The van der Waals surface area contributed by atoms with E-state index in [0.29, 0.717) is 19.6 Å². The molecule has 1 unspecified atom stereocenters. The van der Waals surface area contributed by atoms with Crippen LogP contribution in [0.2, 0.25) is 0 Å². The zero-order valence-corrected chi connectivity index (χ0v) is 10.3. The molecule has 0 fully saturated rings. The topological polar surface area (TPSA) is 35.2 Å². The second-order valence-corrected chi connectivity index (χ2v) is 4.27. The van der Waals surface area contributed by atoms with Crippen LogP contribution in [0.15, 0.2) is 30.3 Å². The molecular formula is C14H22FNO. The summed E-state index contributed by atoms with van der Waals surface area (Å²) in [6.45, 7) is 1.07. The SMILES string of the molecule is NC(CCCCF)CCOCc1ccccc1. The quantitative estimate of drug-likeness (QED) is 0.672. The van der Waals surface area contributed by atoms with E-state index < -0.39 is 0 Å². The van der Waals surface area contributed by atoms with Gasteiger partial charge in [-0.25, -0.2) is 0 Å². The Morgan fingerprint density at radius 1 is 1.12 bits per heavy atom. The fraction of sp³-hybridized carbons (Fsp3) is 0.571. The number of unbranched alkanes of at least 4 members (excludes halogenated alkanes) is 1. The number of nitrogens with two attached hydrogens (primary N) is 1. The van der Waals surface area contributed by atoms with E-state index in [4.69, 9.17) is 10.5 Å². The number of halogens is 1. The highest BCUT2D eigenvalue weighted by molar-refractivity contribution is 5.13. The van der Waals surface area contributed by atoms with Crippen LogP contribution in [0.1, 0.15) is 31.2 Å². The Balaban J connectivity index is 2.00. The molecule has 0 heterocycles. The number of alkyl halides is 1. The minimum Gasteiger partial charge on any atom is -0.377 e. The number of hydrogen-bond donors (Lipinski definition) is 1. The lowest BCUT2D eigenvalue weighted by molar-refractivity contribution is 0.113. The van der Waals surface area contributed by atoms with E-state index in [1.807, 2.05) is 30.3 Å². The molecule has 0 aliphatic heterocycles. The van der Waals surface area contributed by atoms with E-state index in [1.165, 1.54) is 5.56 Å². The van der Waals surface area contributed by atoms with Crippen molar-refractivity contribution in [2.75, 3.05) is 13.3 Å². The smallest absolute Gasteiger partial charge is 0.0894 e. The molecule has 1 atom stereocenters.